The fourth-order valence-corrected chi connectivity index (χ4v) is 4.47. The van der Waals surface area contributed by atoms with E-state index in [1.807, 2.05) is 4.90 Å². The van der Waals surface area contributed by atoms with E-state index in [1.165, 1.54) is 18.4 Å². The molecule has 0 N–H and O–H groups in total. The third kappa shape index (κ3) is 2.59. The van der Waals surface area contributed by atoms with Crippen molar-refractivity contribution in [2.75, 3.05) is 29.1 Å². The molecule has 0 aromatic heterocycles. The predicted octanol–water partition coefficient (Wildman–Crippen LogP) is 2.49. The minimum atomic E-state index is -3.42. The Labute approximate surface area is 151 Å². The highest BCUT2D eigenvalue weighted by Gasteiger charge is 2.37. The van der Waals surface area contributed by atoms with Crippen molar-refractivity contribution in [3.8, 4) is 0 Å². The van der Waals surface area contributed by atoms with Gasteiger partial charge in [0.15, 0.2) is 9.84 Å². The van der Waals surface area contributed by atoms with E-state index < -0.39 is 9.84 Å². The van der Waals surface area contributed by atoms with Gasteiger partial charge in [-0.15, -0.1) is 0 Å². The molecule has 1 saturated heterocycles. The third-order valence-corrected chi connectivity index (χ3v) is 5.99. The summed E-state index contributed by atoms with van der Waals surface area (Å²) < 4.78 is 24.4. The highest BCUT2D eigenvalue weighted by molar-refractivity contribution is 7.90. The maximum atomic E-state index is 12.7. The molecule has 0 saturated carbocycles. The summed E-state index contributed by atoms with van der Waals surface area (Å²) in [5, 5.41) is 0. The summed E-state index contributed by atoms with van der Waals surface area (Å²) in [5.74, 6) is -0.768. The average molecular weight is 370 g/mol. The van der Waals surface area contributed by atoms with Crippen LogP contribution in [0.1, 0.15) is 33.6 Å². The van der Waals surface area contributed by atoms with E-state index >= 15 is 0 Å². The van der Waals surface area contributed by atoms with Gasteiger partial charge < -0.3 is 4.90 Å². The summed E-state index contributed by atoms with van der Waals surface area (Å²) in [4.78, 5) is 28.7. The Hall–Kier alpha value is -2.67. The van der Waals surface area contributed by atoms with Crippen molar-refractivity contribution in [1.82, 2.24) is 0 Å². The minimum Gasteiger partial charge on any atom is -0.370 e. The molecule has 0 atom stereocenters. The average Bonchev–Trinajstić information content (AvgIpc) is 3.22. The van der Waals surface area contributed by atoms with Gasteiger partial charge in [0.05, 0.1) is 27.4 Å². The van der Waals surface area contributed by atoms with Gasteiger partial charge in [-0.25, -0.2) is 13.3 Å². The van der Waals surface area contributed by atoms with Crippen LogP contribution in [0.2, 0.25) is 0 Å². The van der Waals surface area contributed by atoms with Gasteiger partial charge >= 0.3 is 0 Å². The van der Waals surface area contributed by atoms with E-state index in [-0.39, 0.29) is 16.7 Å². The Bertz CT molecular complexity index is 989. The lowest BCUT2D eigenvalue weighted by Crippen LogP contribution is -2.30. The fourth-order valence-electron chi connectivity index (χ4n) is 3.59. The number of anilines is 2. The van der Waals surface area contributed by atoms with Gasteiger partial charge in [-0.3, -0.25) is 9.59 Å². The summed E-state index contributed by atoms with van der Waals surface area (Å²) in [5.41, 5.74) is 1.68. The van der Waals surface area contributed by atoms with Crippen molar-refractivity contribution in [3.63, 3.8) is 0 Å². The van der Waals surface area contributed by atoms with Crippen molar-refractivity contribution in [2.24, 2.45) is 0 Å². The molecule has 0 unspecified atom stereocenters. The van der Waals surface area contributed by atoms with Crippen LogP contribution >= 0.6 is 0 Å². The van der Waals surface area contributed by atoms with Crippen LogP contribution in [0.25, 0.3) is 0 Å². The molecule has 2 aliphatic rings. The van der Waals surface area contributed by atoms with Crippen molar-refractivity contribution < 1.29 is 18.0 Å². The van der Waals surface area contributed by atoms with Crippen molar-refractivity contribution in [3.05, 3.63) is 53.6 Å². The summed E-state index contributed by atoms with van der Waals surface area (Å²) in [6.45, 7) is 1.52. The van der Waals surface area contributed by atoms with Crippen LogP contribution in [0.3, 0.4) is 0 Å². The van der Waals surface area contributed by atoms with Crippen LogP contribution in [0.5, 0.6) is 0 Å². The Morgan fingerprint density at radius 2 is 1.46 bits per heavy atom. The molecule has 26 heavy (non-hydrogen) atoms. The van der Waals surface area contributed by atoms with Crippen LogP contribution in [0.15, 0.2) is 47.4 Å². The highest BCUT2D eigenvalue weighted by Crippen LogP contribution is 2.35. The second-order valence-corrected chi connectivity index (χ2v) is 8.59. The number of carbonyl (C=O) groups excluding carboxylic acids is 2. The van der Waals surface area contributed by atoms with Gasteiger partial charge in [0.25, 0.3) is 11.8 Å². The monoisotopic (exact) mass is 370 g/mol. The molecule has 7 heteroatoms. The van der Waals surface area contributed by atoms with Crippen LogP contribution < -0.4 is 9.80 Å². The zero-order chi connectivity index (χ0) is 18.5. The zero-order valence-corrected chi connectivity index (χ0v) is 15.1. The van der Waals surface area contributed by atoms with Gasteiger partial charge in [-0.1, -0.05) is 12.1 Å². The normalized spacial score (nSPS) is 17.1. The number of imide groups is 1. The van der Waals surface area contributed by atoms with Gasteiger partial charge in [0.2, 0.25) is 0 Å². The number of sulfone groups is 1. The molecule has 2 aromatic rings. The maximum absolute atomic E-state index is 12.7. The lowest BCUT2D eigenvalue weighted by atomic mass is 10.1. The molecule has 2 aliphatic heterocycles. The zero-order valence-electron chi connectivity index (χ0n) is 14.3. The number of hydrogen-bond acceptors (Lipinski definition) is 5. The van der Waals surface area contributed by atoms with Crippen LogP contribution in [0.4, 0.5) is 11.4 Å². The molecule has 1 fully saturated rings. The van der Waals surface area contributed by atoms with E-state index in [0.29, 0.717) is 22.5 Å². The number of fused-ring (bicyclic) bond motifs is 1. The number of benzene rings is 2. The number of nitrogens with zero attached hydrogens (tertiary/aromatic N) is 2. The van der Waals surface area contributed by atoms with E-state index in [2.05, 4.69) is 0 Å². The Morgan fingerprint density at radius 3 is 2.00 bits per heavy atom. The molecular weight excluding hydrogens is 352 g/mol. The van der Waals surface area contributed by atoms with Crippen LogP contribution in [-0.4, -0.2) is 39.6 Å². The highest BCUT2D eigenvalue weighted by atomic mass is 32.2. The molecule has 0 spiro atoms. The van der Waals surface area contributed by atoms with E-state index in [1.54, 1.807) is 30.3 Å². The lowest BCUT2D eigenvalue weighted by molar-refractivity contribution is 0.0926. The number of amides is 2. The molecule has 4 rings (SSSR count). The number of carbonyl (C=O) groups is 2. The van der Waals surface area contributed by atoms with Gasteiger partial charge in [-0.2, -0.15) is 0 Å². The Kier molecular flexibility index (Phi) is 3.84. The largest absolute Gasteiger partial charge is 0.370 e. The first-order valence-corrected chi connectivity index (χ1v) is 10.3. The smallest absolute Gasteiger partial charge is 0.266 e. The van der Waals surface area contributed by atoms with Crippen LogP contribution in [-0.2, 0) is 9.84 Å². The van der Waals surface area contributed by atoms with Gasteiger partial charge in [0.1, 0.15) is 0 Å². The third-order valence-electron chi connectivity index (χ3n) is 4.84. The topological polar surface area (TPSA) is 74.8 Å². The number of hydrogen-bond donors (Lipinski definition) is 0. The first-order chi connectivity index (χ1) is 12.4. The van der Waals surface area contributed by atoms with E-state index in [0.717, 1.165) is 30.8 Å². The van der Waals surface area contributed by atoms with Crippen molar-refractivity contribution in [1.29, 1.82) is 0 Å². The van der Waals surface area contributed by atoms with E-state index in [9.17, 15) is 18.0 Å². The standard InChI is InChI=1S/C19H18N2O4S/c1-26(24,25)17-9-8-13(12-16(17)20-10-4-5-11-20)21-18(22)14-6-2-3-7-15(14)19(21)23/h2-3,6-9,12H,4-5,10-11H2,1H3. The summed E-state index contributed by atoms with van der Waals surface area (Å²) in [6.07, 6.45) is 3.14. The lowest BCUT2D eigenvalue weighted by Gasteiger charge is -2.23. The quantitative estimate of drug-likeness (QED) is 0.776. The van der Waals surface area contributed by atoms with Crippen molar-refractivity contribution in [2.45, 2.75) is 17.7 Å². The summed E-state index contributed by atoms with van der Waals surface area (Å²) in [6, 6.07) is 11.3. The van der Waals surface area contributed by atoms with Crippen molar-refractivity contribution >= 4 is 33.0 Å². The second kappa shape index (κ2) is 5.95. The SMILES string of the molecule is CS(=O)(=O)c1ccc(N2C(=O)c3ccccc3C2=O)cc1N1CCCC1. The molecule has 2 heterocycles. The van der Waals surface area contributed by atoms with E-state index in [4.69, 9.17) is 0 Å². The second-order valence-electron chi connectivity index (χ2n) is 6.61. The minimum absolute atomic E-state index is 0.222. The van der Waals surface area contributed by atoms with Gasteiger partial charge in [0, 0.05) is 19.3 Å². The molecule has 0 aliphatic carbocycles. The molecule has 0 radical (unpaired) electrons. The molecule has 2 amide bonds. The first kappa shape index (κ1) is 16.8. The van der Waals surface area contributed by atoms with Gasteiger partial charge in [-0.05, 0) is 43.2 Å². The molecular formula is C19H18N2O4S. The molecule has 2 aromatic carbocycles. The molecule has 134 valence electrons. The first-order valence-electron chi connectivity index (χ1n) is 8.45. The van der Waals surface area contributed by atoms with Crippen LogP contribution in [0, 0.1) is 0 Å². The molecule has 6 nitrogen and oxygen atoms in total. The Morgan fingerprint density at radius 1 is 0.885 bits per heavy atom. The fraction of sp³-hybridized carbons (Fsp3) is 0.263. The maximum Gasteiger partial charge on any atom is 0.266 e. The predicted molar refractivity (Wildman–Crippen MR) is 98.6 cm³/mol. The number of rotatable bonds is 3. The Balaban J connectivity index is 1.83. The summed E-state index contributed by atoms with van der Waals surface area (Å²) in [7, 11) is -3.42. The summed E-state index contributed by atoms with van der Waals surface area (Å²) >= 11 is 0. The molecule has 0 bridgehead atoms.